The van der Waals surface area contributed by atoms with Crippen molar-refractivity contribution < 1.29 is 24.2 Å². The highest BCUT2D eigenvalue weighted by molar-refractivity contribution is 6.46. The average Bonchev–Trinajstić information content (AvgIpc) is 3.01. The molecule has 0 saturated carbocycles. The summed E-state index contributed by atoms with van der Waals surface area (Å²) in [7, 11) is 3.82. The minimum atomic E-state index is -0.681. The summed E-state index contributed by atoms with van der Waals surface area (Å²) < 4.78 is 11.2. The molecule has 1 fully saturated rings. The van der Waals surface area contributed by atoms with Gasteiger partial charge in [-0.2, -0.15) is 0 Å². The highest BCUT2D eigenvalue weighted by atomic mass is 16.6. The summed E-state index contributed by atoms with van der Waals surface area (Å²) in [6, 6.07) is 12.0. The number of carbonyl (C=O) groups is 2. The fourth-order valence-electron chi connectivity index (χ4n) is 3.98. The minimum absolute atomic E-state index is 0.0923. The maximum Gasteiger partial charge on any atom is 0.295 e. The zero-order valence-electron chi connectivity index (χ0n) is 17.9. The number of Topliss-reactive ketones (excluding diaryl/α,β-unsaturated/α-hetero) is 1. The topological polar surface area (TPSA) is 79.3 Å². The van der Waals surface area contributed by atoms with Gasteiger partial charge in [0.15, 0.2) is 11.5 Å². The van der Waals surface area contributed by atoms with Crippen molar-refractivity contribution >= 4 is 17.4 Å². The number of hydrogen-bond donors (Lipinski definition) is 1. The number of likely N-dealkylation sites (N-methyl/N-ethyl adjacent to an activating group) is 1. The number of hydrogen-bond acceptors (Lipinski definition) is 6. The molecule has 2 aromatic rings. The molecule has 2 aliphatic heterocycles. The lowest BCUT2D eigenvalue weighted by Gasteiger charge is -2.27. The third-order valence-corrected chi connectivity index (χ3v) is 5.63. The molecule has 1 saturated heterocycles. The van der Waals surface area contributed by atoms with Crippen LogP contribution >= 0.6 is 0 Å². The summed E-state index contributed by atoms with van der Waals surface area (Å²) in [4.78, 5) is 29.5. The normalized spacial score (nSPS) is 19.9. The number of carbonyl (C=O) groups excluding carboxylic acids is 2. The van der Waals surface area contributed by atoms with Crippen LogP contribution in [0.1, 0.15) is 22.7 Å². The van der Waals surface area contributed by atoms with Crippen LogP contribution in [-0.4, -0.2) is 67.0 Å². The molecule has 0 aromatic heterocycles. The van der Waals surface area contributed by atoms with Crippen LogP contribution in [0.5, 0.6) is 11.5 Å². The van der Waals surface area contributed by atoms with E-state index in [-0.39, 0.29) is 11.3 Å². The predicted molar refractivity (Wildman–Crippen MR) is 116 cm³/mol. The lowest BCUT2D eigenvalue weighted by molar-refractivity contribution is -0.140. The second-order valence-corrected chi connectivity index (χ2v) is 8.01. The molecule has 2 aliphatic rings. The molecule has 0 aliphatic carbocycles. The van der Waals surface area contributed by atoms with Gasteiger partial charge < -0.3 is 24.4 Å². The lowest BCUT2D eigenvalue weighted by atomic mass is 9.92. The van der Waals surface area contributed by atoms with Crippen molar-refractivity contribution in [2.24, 2.45) is 0 Å². The standard InChI is InChI=1S/C24H26N2O5/c1-15-6-4-5-7-17(15)21-20(23(28)24(29)26(21)11-10-25(2)3)22(27)16-8-9-18-19(14-16)31-13-12-30-18/h4-9,14,21,27H,10-13H2,1-3H3/b22-20+. The average molecular weight is 422 g/mol. The van der Waals surface area contributed by atoms with Crippen LogP contribution in [0, 0.1) is 6.92 Å². The molecule has 31 heavy (non-hydrogen) atoms. The number of aliphatic hydroxyl groups excluding tert-OH is 1. The molecule has 162 valence electrons. The molecular formula is C24H26N2O5. The van der Waals surface area contributed by atoms with Gasteiger partial charge in [0.2, 0.25) is 0 Å². The fraction of sp³-hybridized carbons (Fsp3) is 0.333. The summed E-state index contributed by atoms with van der Waals surface area (Å²) in [5, 5.41) is 11.2. The van der Waals surface area contributed by atoms with E-state index in [2.05, 4.69) is 0 Å². The number of fused-ring (bicyclic) bond motifs is 1. The highest BCUT2D eigenvalue weighted by Crippen LogP contribution is 2.41. The van der Waals surface area contributed by atoms with Crippen molar-refractivity contribution in [3.8, 4) is 11.5 Å². The van der Waals surface area contributed by atoms with Crippen molar-refractivity contribution in [2.45, 2.75) is 13.0 Å². The van der Waals surface area contributed by atoms with E-state index >= 15 is 0 Å². The summed E-state index contributed by atoms with van der Waals surface area (Å²) in [5.74, 6) is -0.404. The molecule has 2 aromatic carbocycles. The van der Waals surface area contributed by atoms with Crippen molar-refractivity contribution in [1.82, 2.24) is 9.80 Å². The molecule has 1 N–H and O–H groups in total. The highest BCUT2D eigenvalue weighted by Gasteiger charge is 2.46. The number of aryl methyl sites for hydroxylation is 1. The molecule has 4 rings (SSSR count). The Balaban J connectivity index is 1.84. The van der Waals surface area contributed by atoms with E-state index in [4.69, 9.17) is 9.47 Å². The Bertz CT molecular complexity index is 1060. The Morgan fingerprint density at radius 3 is 2.52 bits per heavy atom. The van der Waals surface area contributed by atoms with Crippen molar-refractivity contribution in [2.75, 3.05) is 40.4 Å². The summed E-state index contributed by atoms with van der Waals surface area (Å²) >= 11 is 0. The lowest BCUT2D eigenvalue weighted by Crippen LogP contribution is -2.35. The van der Waals surface area contributed by atoms with Crippen LogP contribution in [0.2, 0.25) is 0 Å². The summed E-state index contributed by atoms with van der Waals surface area (Å²) in [6.45, 7) is 3.78. The molecular weight excluding hydrogens is 396 g/mol. The van der Waals surface area contributed by atoms with Gasteiger partial charge in [0, 0.05) is 18.7 Å². The van der Waals surface area contributed by atoms with Crippen LogP contribution in [0.15, 0.2) is 48.0 Å². The van der Waals surface area contributed by atoms with E-state index in [1.165, 1.54) is 0 Å². The molecule has 1 atom stereocenters. The van der Waals surface area contributed by atoms with Gasteiger partial charge >= 0.3 is 0 Å². The second-order valence-electron chi connectivity index (χ2n) is 8.01. The monoisotopic (exact) mass is 422 g/mol. The van der Waals surface area contributed by atoms with Gasteiger partial charge in [-0.15, -0.1) is 0 Å². The third kappa shape index (κ3) is 3.88. The first kappa shape index (κ1) is 20.9. The fourth-order valence-corrected chi connectivity index (χ4v) is 3.98. The maximum absolute atomic E-state index is 13.1. The first-order valence-electron chi connectivity index (χ1n) is 10.3. The van der Waals surface area contributed by atoms with Crippen LogP contribution in [0.3, 0.4) is 0 Å². The summed E-state index contributed by atoms with van der Waals surface area (Å²) in [5.41, 5.74) is 2.26. The summed E-state index contributed by atoms with van der Waals surface area (Å²) in [6.07, 6.45) is 0. The van der Waals surface area contributed by atoms with Crippen molar-refractivity contribution in [3.05, 3.63) is 64.7 Å². The number of likely N-dealkylation sites (tertiary alicyclic amines) is 1. The first-order chi connectivity index (χ1) is 14.9. The number of rotatable bonds is 5. The van der Waals surface area contributed by atoms with Crippen molar-refractivity contribution in [3.63, 3.8) is 0 Å². The Morgan fingerprint density at radius 2 is 1.81 bits per heavy atom. The van der Waals surface area contributed by atoms with Crippen LogP contribution in [0.4, 0.5) is 0 Å². The smallest absolute Gasteiger partial charge is 0.295 e. The van der Waals surface area contributed by atoms with E-state index in [1.54, 1.807) is 23.1 Å². The number of benzene rings is 2. The Labute approximate surface area is 181 Å². The molecule has 1 amide bonds. The number of ether oxygens (including phenoxy) is 2. The Morgan fingerprint density at radius 1 is 1.10 bits per heavy atom. The minimum Gasteiger partial charge on any atom is -0.507 e. The second kappa shape index (κ2) is 8.43. The molecule has 0 radical (unpaired) electrons. The van der Waals surface area contributed by atoms with Gasteiger partial charge in [-0.3, -0.25) is 9.59 Å². The molecule has 7 heteroatoms. The van der Waals surface area contributed by atoms with E-state index in [0.717, 1.165) is 11.1 Å². The first-order valence-corrected chi connectivity index (χ1v) is 10.3. The van der Waals surface area contributed by atoms with Gasteiger partial charge in [-0.25, -0.2) is 0 Å². The predicted octanol–water partition coefficient (Wildman–Crippen LogP) is 2.75. The molecule has 0 spiro atoms. The SMILES string of the molecule is Cc1ccccc1C1/C(=C(\O)c2ccc3c(c2)OCCO3)C(=O)C(=O)N1CCN(C)C. The van der Waals surface area contributed by atoms with Crippen molar-refractivity contribution in [1.29, 1.82) is 0 Å². The number of ketones is 1. The molecule has 1 unspecified atom stereocenters. The zero-order chi connectivity index (χ0) is 22.1. The maximum atomic E-state index is 13.1. The van der Waals surface area contributed by atoms with Gasteiger partial charge in [-0.05, 0) is 50.3 Å². The number of nitrogens with zero attached hydrogens (tertiary/aromatic N) is 2. The number of aliphatic hydroxyl groups is 1. The van der Waals surface area contributed by atoms with Gasteiger partial charge in [0.25, 0.3) is 11.7 Å². The third-order valence-electron chi connectivity index (χ3n) is 5.63. The van der Waals surface area contributed by atoms with Crippen LogP contribution in [0.25, 0.3) is 5.76 Å². The van der Waals surface area contributed by atoms with Gasteiger partial charge in [0.05, 0.1) is 11.6 Å². The zero-order valence-corrected chi connectivity index (χ0v) is 17.9. The quantitative estimate of drug-likeness (QED) is 0.454. The van der Waals surface area contributed by atoms with Gasteiger partial charge in [-0.1, -0.05) is 24.3 Å². The molecule has 2 heterocycles. The number of amides is 1. The van der Waals surface area contributed by atoms with E-state index in [1.807, 2.05) is 50.2 Å². The van der Waals surface area contributed by atoms with Crippen LogP contribution in [-0.2, 0) is 9.59 Å². The molecule has 0 bridgehead atoms. The largest absolute Gasteiger partial charge is 0.507 e. The Kier molecular flexibility index (Phi) is 5.69. The molecule has 7 nitrogen and oxygen atoms in total. The van der Waals surface area contributed by atoms with Crippen LogP contribution < -0.4 is 9.47 Å². The van der Waals surface area contributed by atoms with E-state index in [9.17, 15) is 14.7 Å². The van der Waals surface area contributed by atoms with E-state index < -0.39 is 17.7 Å². The van der Waals surface area contributed by atoms with E-state index in [0.29, 0.717) is 43.4 Å². The van der Waals surface area contributed by atoms with Gasteiger partial charge in [0.1, 0.15) is 19.0 Å². The Hall–Kier alpha value is -3.32.